The van der Waals surface area contributed by atoms with Crippen LogP contribution in [0.4, 0.5) is 0 Å². The lowest BCUT2D eigenvalue weighted by molar-refractivity contribution is 1.36. The molecule has 0 aliphatic heterocycles. The Balaban J connectivity index is 1.47. The fourth-order valence-electron chi connectivity index (χ4n) is 5.38. The first-order valence-corrected chi connectivity index (χ1v) is 13.9. The van der Waals surface area contributed by atoms with Crippen LogP contribution in [0.25, 0.3) is 54.9 Å². The van der Waals surface area contributed by atoms with Gasteiger partial charge in [-0.3, -0.25) is 4.98 Å². The molecule has 0 atom stereocenters. The van der Waals surface area contributed by atoms with E-state index in [1.165, 1.54) is 64.7 Å². The molecule has 0 radical (unpaired) electrons. The van der Waals surface area contributed by atoms with Gasteiger partial charge in [0, 0.05) is 27.6 Å². The molecular weight excluding hydrogens is 490 g/mol. The molecule has 0 saturated carbocycles. The predicted octanol–water partition coefficient (Wildman–Crippen LogP) is 10.5. The predicted molar refractivity (Wildman–Crippen MR) is 166 cm³/mol. The van der Waals surface area contributed by atoms with Crippen molar-refractivity contribution in [1.82, 2.24) is 4.98 Å². The second-order valence-electron chi connectivity index (χ2n) is 9.62. The zero-order chi connectivity index (χ0) is 26.0. The normalized spacial score (nSPS) is 11.2. The number of fused-ring (bicyclic) bond motifs is 2. The third-order valence-electron chi connectivity index (χ3n) is 7.18. The fourth-order valence-corrected chi connectivity index (χ4v) is 6.56. The van der Waals surface area contributed by atoms with Crippen LogP contribution in [0, 0.1) is 0 Å². The van der Waals surface area contributed by atoms with E-state index >= 15 is 0 Å². The van der Waals surface area contributed by atoms with Crippen molar-refractivity contribution in [2.75, 3.05) is 0 Å². The van der Waals surface area contributed by atoms with Crippen molar-refractivity contribution in [2.24, 2.45) is 0 Å². The van der Waals surface area contributed by atoms with Gasteiger partial charge in [-0.15, -0.1) is 0 Å². The van der Waals surface area contributed by atoms with E-state index in [0.29, 0.717) is 0 Å². The van der Waals surface area contributed by atoms with Gasteiger partial charge in [0.1, 0.15) is 0 Å². The van der Waals surface area contributed by atoms with Crippen LogP contribution in [0.15, 0.2) is 162 Å². The Kier molecular flexibility index (Phi) is 6.16. The summed E-state index contributed by atoms with van der Waals surface area (Å²) < 4.78 is 0. The summed E-state index contributed by atoms with van der Waals surface area (Å²) >= 11 is 1.84. The van der Waals surface area contributed by atoms with E-state index in [9.17, 15) is 0 Å². The van der Waals surface area contributed by atoms with Gasteiger partial charge >= 0.3 is 0 Å². The van der Waals surface area contributed by atoms with Gasteiger partial charge in [-0.05, 0) is 73.8 Å². The topological polar surface area (TPSA) is 12.9 Å². The summed E-state index contributed by atoms with van der Waals surface area (Å²) in [5, 5.41) is 4.90. The van der Waals surface area contributed by atoms with Crippen LogP contribution >= 0.6 is 11.8 Å². The largest absolute Gasteiger partial charge is 0.264 e. The van der Waals surface area contributed by atoms with Gasteiger partial charge in [0.15, 0.2) is 0 Å². The summed E-state index contributed by atoms with van der Waals surface area (Å²) in [5.41, 5.74) is 7.32. The SMILES string of the molecule is c1ccc(-c2cc(Sc3c4ccccc4c(-c4ccccc4)c4cnccc34)cc(-c3ccccc3)c2)cc1. The maximum absolute atomic E-state index is 4.55. The molecule has 0 saturated heterocycles. The molecular formula is C37H25NS. The number of hydrogen-bond donors (Lipinski definition) is 0. The summed E-state index contributed by atoms with van der Waals surface area (Å²) in [4.78, 5) is 7.02. The highest BCUT2D eigenvalue weighted by Gasteiger charge is 2.17. The average molecular weight is 516 g/mol. The van der Waals surface area contributed by atoms with Crippen molar-refractivity contribution in [2.45, 2.75) is 9.79 Å². The molecule has 0 bridgehead atoms. The fraction of sp³-hybridized carbons (Fsp3) is 0. The molecule has 184 valence electrons. The van der Waals surface area contributed by atoms with E-state index < -0.39 is 0 Å². The van der Waals surface area contributed by atoms with Crippen LogP contribution in [0.1, 0.15) is 0 Å². The Morgan fingerprint density at radius 1 is 0.410 bits per heavy atom. The number of rotatable bonds is 5. The number of benzene rings is 6. The van der Waals surface area contributed by atoms with Gasteiger partial charge in [-0.1, -0.05) is 127 Å². The molecule has 6 aromatic carbocycles. The monoisotopic (exact) mass is 515 g/mol. The highest BCUT2D eigenvalue weighted by molar-refractivity contribution is 7.99. The average Bonchev–Trinajstić information content (AvgIpc) is 3.02. The Hall–Kier alpha value is -4.66. The number of aromatic nitrogens is 1. The Labute approximate surface area is 232 Å². The second kappa shape index (κ2) is 10.2. The minimum atomic E-state index is 1.17. The Bertz CT molecular complexity index is 1800. The Morgan fingerprint density at radius 3 is 1.54 bits per heavy atom. The molecule has 0 aliphatic carbocycles. The van der Waals surface area contributed by atoms with Gasteiger partial charge in [0.2, 0.25) is 0 Å². The molecule has 0 amide bonds. The Morgan fingerprint density at radius 2 is 0.923 bits per heavy atom. The van der Waals surface area contributed by atoms with Crippen molar-refractivity contribution >= 4 is 33.3 Å². The second-order valence-corrected chi connectivity index (χ2v) is 10.7. The lowest BCUT2D eigenvalue weighted by Gasteiger charge is -2.17. The molecule has 1 heterocycles. The number of pyridine rings is 1. The van der Waals surface area contributed by atoms with Crippen LogP contribution < -0.4 is 0 Å². The molecule has 2 heteroatoms. The number of nitrogens with zero attached hydrogens (tertiary/aromatic N) is 1. The van der Waals surface area contributed by atoms with Crippen LogP contribution in [0.5, 0.6) is 0 Å². The van der Waals surface area contributed by atoms with Crippen LogP contribution in [0.3, 0.4) is 0 Å². The summed E-state index contributed by atoms with van der Waals surface area (Å²) in [6.07, 6.45) is 3.93. The highest BCUT2D eigenvalue weighted by Crippen LogP contribution is 2.46. The molecule has 0 spiro atoms. The van der Waals surface area contributed by atoms with E-state index in [0.717, 1.165) is 0 Å². The van der Waals surface area contributed by atoms with Crippen molar-refractivity contribution in [3.63, 3.8) is 0 Å². The zero-order valence-corrected chi connectivity index (χ0v) is 22.1. The lowest BCUT2D eigenvalue weighted by atomic mass is 9.93. The first kappa shape index (κ1) is 23.5. The maximum atomic E-state index is 4.55. The molecule has 0 fully saturated rings. The molecule has 1 nitrogen and oxygen atoms in total. The first-order valence-electron chi connectivity index (χ1n) is 13.1. The third kappa shape index (κ3) is 4.50. The van der Waals surface area contributed by atoms with Crippen molar-refractivity contribution in [1.29, 1.82) is 0 Å². The molecule has 39 heavy (non-hydrogen) atoms. The lowest BCUT2D eigenvalue weighted by Crippen LogP contribution is -1.90. The third-order valence-corrected chi connectivity index (χ3v) is 8.29. The summed E-state index contributed by atoms with van der Waals surface area (Å²) in [6, 6.07) is 49.8. The van der Waals surface area contributed by atoms with Gasteiger partial charge in [-0.25, -0.2) is 0 Å². The highest BCUT2D eigenvalue weighted by atomic mass is 32.2. The van der Waals surface area contributed by atoms with Crippen LogP contribution in [-0.2, 0) is 0 Å². The summed E-state index contributed by atoms with van der Waals surface area (Å²) in [7, 11) is 0. The van der Waals surface area contributed by atoms with E-state index in [4.69, 9.17) is 0 Å². The van der Waals surface area contributed by atoms with Crippen LogP contribution in [-0.4, -0.2) is 4.98 Å². The maximum Gasteiger partial charge on any atom is 0.0353 e. The van der Waals surface area contributed by atoms with Gasteiger partial charge in [0.25, 0.3) is 0 Å². The molecule has 7 rings (SSSR count). The smallest absolute Gasteiger partial charge is 0.0353 e. The van der Waals surface area contributed by atoms with Crippen LogP contribution in [0.2, 0.25) is 0 Å². The van der Waals surface area contributed by atoms with E-state index in [-0.39, 0.29) is 0 Å². The van der Waals surface area contributed by atoms with Gasteiger partial charge < -0.3 is 0 Å². The summed E-state index contributed by atoms with van der Waals surface area (Å²) in [6.45, 7) is 0. The zero-order valence-electron chi connectivity index (χ0n) is 21.3. The van der Waals surface area contributed by atoms with Crippen molar-refractivity contribution in [3.8, 4) is 33.4 Å². The number of hydrogen-bond acceptors (Lipinski definition) is 2. The quantitative estimate of drug-likeness (QED) is 0.211. The molecule has 0 unspecified atom stereocenters. The first-order chi connectivity index (χ1) is 19.3. The minimum Gasteiger partial charge on any atom is -0.264 e. The molecule has 0 aliphatic rings. The summed E-state index contributed by atoms with van der Waals surface area (Å²) in [5.74, 6) is 0. The van der Waals surface area contributed by atoms with Crippen molar-refractivity contribution < 1.29 is 0 Å². The molecule has 0 N–H and O–H groups in total. The molecule has 7 aromatic rings. The van der Waals surface area contributed by atoms with Crippen molar-refractivity contribution in [3.05, 3.63) is 152 Å². The standard InChI is InChI=1S/C37H25NS/c1-4-12-26(13-5-1)29-22-30(27-14-6-2-7-15-27)24-31(23-29)39-37-33-19-11-10-18-32(33)36(28-16-8-3-9-17-28)35-25-38-21-20-34(35)37/h1-25H. The molecule has 1 aromatic heterocycles. The van der Waals surface area contributed by atoms with Gasteiger partial charge in [-0.2, -0.15) is 0 Å². The van der Waals surface area contributed by atoms with Gasteiger partial charge in [0.05, 0.1) is 0 Å². The van der Waals surface area contributed by atoms with E-state index in [1.807, 2.05) is 24.2 Å². The van der Waals surface area contributed by atoms with E-state index in [2.05, 4.69) is 145 Å². The van der Waals surface area contributed by atoms with E-state index in [1.54, 1.807) is 0 Å². The minimum absolute atomic E-state index is 1.17.